The number of aromatic nitrogens is 2. The van der Waals surface area contributed by atoms with Crippen molar-refractivity contribution in [2.75, 3.05) is 25.2 Å². The van der Waals surface area contributed by atoms with Crippen LogP contribution in [0.1, 0.15) is 11.3 Å². The van der Waals surface area contributed by atoms with Crippen molar-refractivity contribution in [2.45, 2.75) is 0 Å². The fraction of sp³-hybridized carbons (Fsp3) is 0.167. The van der Waals surface area contributed by atoms with Crippen molar-refractivity contribution >= 4 is 16.7 Å². The highest BCUT2D eigenvalue weighted by atomic mass is 19.1. The van der Waals surface area contributed by atoms with Crippen molar-refractivity contribution in [3.8, 4) is 11.8 Å². The Hall–Kier alpha value is -2.80. The molecule has 0 atom stereocenters. The second-order valence-corrected chi connectivity index (χ2v) is 5.03. The fourth-order valence-corrected chi connectivity index (χ4v) is 2.22. The van der Waals surface area contributed by atoms with E-state index in [2.05, 4.69) is 21.8 Å². The summed E-state index contributed by atoms with van der Waals surface area (Å²) in [6.07, 6.45) is 1.75. The van der Waals surface area contributed by atoms with Crippen LogP contribution in [0.5, 0.6) is 0 Å². The number of benzene rings is 1. The predicted molar refractivity (Wildman–Crippen MR) is 87.8 cm³/mol. The second-order valence-electron chi connectivity index (χ2n) is 5.03. The Morgan fingerprint density at radius 1 is 1.18 bits per heavy atom. The Morgan fingerprint density at radius 3 is 2.73 bits per heavy atom. The topological polar surface area (TPSA) is 31.9 Å². The molecule has 0 fully saturated rings. The third-order valence-electron chi connectivity index (χ3n) is 3.46. The summed E-state index contributed by atoms with van der Waals surface area (Å²) in [4.78, 5) is 9.30. The van der Waals surface area contributed by atoms with E-state index in [1.807, 2.05) is 54.4 Å². The first-order chi connectivity index (χ1) is 10.8. The number of halogens is 1. The number of H-pyrrole nitrogens is 1. The molecule has 110 valence electrons. The Kier molecular flexibility index (Phi) is 4.06. The van der Waals surface area contributed by atoms with Crippen LogP contribution in [0.15, 0.2) is 48.7 Å². The third-order valence-corrected chi connectivity index (χ3v) is 3.46. The molecular formula is C18H16FN3. The molecule has 0 aliphatic carbocycles. The summed E-state index contributed by atoms with van der Waals surface area (Å²) in [6.45, 7) is 0.0412. The average Bonchev–Trinajstić information content (AvgIpc) is 2.96. The SMILES string of the molecule is CN(CCF)c1ccc(C#Cc2cc3cccnc3[nH]2)cc1. The number of rotatable bonds is 3. The molecule has 4 heteroatoms. The summed E-state index contributed by atoms with van der Waals surface area (Å²) in [5.74, 6) is 6.22. The quantitative estimate of drug-likeness (QED) is 0.751. The van der Waals surface area contributed by atoms with Gasteiger partial charge >= 0.3 is 0 Å². The van der Waals surface area contributed by atoms with Crippen molar-refractivity contribution in [3.63, 3.8) is 0 Å². The maximum Gasteiger partial charge on any atom is 0.138 e. The van der Waals surface area contributed by atoms with E-state index in [1.165, 1.54) is 0 Å². The largest absolute Gasteiger partial charge is 0.372 e. The highest BCUT2D eigenvalue weighted by Crippen LogP contribution is 2.14. The zero-order valence-electron chi connectivity index (χ0n) is 12.3. The molecule has 3 nitrogen and oxygen atoms in total. The van der Waals surface area contributed by atoms with Crippen LogP contribution in [0.25, 0.3) is 11.0 Å². The summed E-state index contributed by atoms with van der Waals surface area (Å²) in [5, 5.41) is 1.05. The predicted octanol–water partition coefficient (Wildman–Crippen LogP) is 3.37. The van der Waals surface area contributed by atoms with Gasteiger partial charge in [0.2, 0.25) is 0 Å². The number of nitrogens with one attached hydrogen (secondary N) is 1. The van der Waals surface area contributed by atoms with Crippen LogP contribution in [-0.4, -0.2) is 30.2 Å². The summed E-state index contributed by atoms with van der Waals surface area (Å²) in [5.41, 5.74) is 3.59. The van der Waals surface area contributed by atoms with Gasteiger partial charge in [-0.1, -0.05) is 5.92 Å². The van der Waals surface area contributed by atoms with Crippen molar-refractivity contribution in [1.29, 1.82) is 0 Å². The smallest absolute Gasteiger partial charge is 0.138 e. The lowest BCUT2D eigenvalue weighted by Gasteiger charge is -2.16. The van der Waals surface area contributed by atoms with Gasteiger partial charge < -0.3 is 9.88 Å². The molecule has 0 spiro atoms. The van der Waals surface area contributed by atoms with Crippen LogP contribution < -0.4 is 4.90 Å². The molecule has 0 saturated carbocycles. The zero-order valence-corrected chi connectivity index (χ0v) is 12.3. The van der Waals surface area contributed by atoms with Gasteiger partial charge in [0.1, 0.15) is 12.3 Å². The van der Waals surface area contributed by atoms with E-state index in [0.717, 1.165) is 28.0 Å². The molecule has 0 unspecified atom stereocenters. The van der Waals surface area contributed by atoms with Crippen LogP contribution in [0, 0.1) is 11.8 Å². The maximum atomic E-state index is 12.3. The van der Waals surface area contributed by atoms with Crippen molar-refractivity contribution in [1.82, 2.24) is 9.97 Å². The molecule has 2 heterocycles. The van der Waals surface area contributed by atoms with Crippen LogP contribution >= 0.6 is 0 Å². The molecule has 2 aromatic heterocycles. The molecule has 3 aromatic rings. The lowest BCUT2D eigenvalue weighted by Crippen LogP contribution is -2.19. The van der Waals surface area contributed by atoms with Gasteiger partial charge in [-0.05, 0) is 48.4 Å². The number of anilines is 1. The van der Waals surface area contributed by atoms with Crippen molar-refractivity contribution < 1.29 is 4.39 Å². The van der Waals surface area contributed by atoms with Gasteiger partial charge in [0, 0.05) is 36.4 Å². The molecule has 22 heavy (non-hydrogen) atoms. The number of nitrogens with zero attached hydrogens (tertiary/aromatic N) is 2. The van der Waals surface area contributed by atoms with Crippen LogP contribution in [0.3, 0.4) is 0 Å². The Balaban J connectivity index is 1.78. The molecule has 0 bridgehead atoms. The van der Waals surface area contributed by atoms with Gasteiger partial charge in [-0.2, -0.15) is 0 Å². The Labute approximate surface area is 128 Å². The Bertz CT molecular complexity index is 792. The highest BCUT2D eigenvalue weighted by Gasteiger charge is 2.00. The van der Waals surface area contributed by atoms with Crippen molar-refractivity contribution in [2.24, 2.45) is 0 Å². The molecule has 0 aliphatic heterocycles. The molecule has 1 aromatic carbocycles. The normalized spacial score (nSPS) is 10.3. The summed E-state index contributed by atoms with van der Waals surface area (Å²) in [6, 6.07) is 13.7. The van der Waals surface area contributed by atoms with E-state index < -0.39 is 0 Å². The summed E-state index contributed by atoms with van der Waals surface area (Å²) < 4.78 is 12.3. The van der Waals surface area contributed by atoms with E-state index in [-0.39, 0.29) is 6.67 Å². The van der Waals surface area contributed by atoms with Gasteiger partial charge in [-0.25, -0.2) is 9.37 Å². The summed E-state index contributed by atoms with van der Waals surface area (Å²) >= 11 is 0. The first-order valence-electron chi connectivity index (χ1n) is 7.09. The minimum absolute atomic E-state index is 0.355. The molecule has 0 saturated heterocycles. The minimum atomic E-state index is -0.355. The van der Waals surface area contributed by atoms with Crippen LogP contribution in [-0.2, 0) is 0 Å². The van der Waals surface area contributed by atoms with Crippen LogP contribution in [0.2, 0.25) is 0 Å². The van der Waals surface area contributed by atoms with E-state index in [9.17, 15) is 4.39 Å². The molecule has 0 aliphatic rings. The minimum Gasteiger partial charge on any atom is -0.372 e. The van der Waals surface area contributed by atoms with E-state index in [0.29, 0.717) is 6.54 Å². The fourth-order valence-electron chi connectivity index (χ4n) is 2.22. The zero-order chi connectivity index (χ0) is 15.4. The number of alkyl halides is 1. The second kappa shape index (κ2) is 6.31. The van der Waals surface area contributed by atoms with E-state index in [4.69, 9.17) is 0 Å². The molecule has 3 rings (SSSR count). The molecule has 1 N–H and O–H groups in total. The maximum absolute atomic E-state index is 12.3. The van der Waals surface area contributed by atoms with Gasteiger partial charge in [0.05, 0.1) is 5.69 Å². The van der Waals surface area contributed by atoms with Gasteiger partial charge in [-0.15, -0.1) is 0 Å². The number of fused-ring (bicyclic) bond motifs is 1. The van der Waals surface area contributed by atoms with Crippen LogP contribution in [0.4, 0.5) is 10.1 Å². The lowest BCUT2D eigenvalue weighted by atomic mass is 10.2. The van der Waals surface area contributed by atoms with Gasteiger partial charge in [0.15, 0.2) is 0 Å². The van der Waals surface area contributed by atoms with E-state index >= 15 is 0 Å². The monoisotopic (exact) mass is 293 g/mol. The summed E-state index contributed by atoms with van der Waals surface area (Å²) in [7, 11) is 1.87. The number of aromatic amines is 1. The number of hydrogen-bond acceptors (Lipinski definition) is 2. The first kappa shape index (κ1) is 14.2. The molecular weight excluding hydrogens is 277 g/mol. The van der Waals surface area contributed by atoms with Gasteiger partial charge in [-0.3, -0.25) is 0 Å². The number of pyridine rings is 1. The molecule has 0 amide bonds. The highest BCUT2D eigenvalue weighted by molar-refractivity contribution is 5.77. The Morgan fingerprint density at radius 2 is 2.00 bits per heavy atom. The lowest BCUT2D eigenvalue weighted by molar-refractivity contribution is 0.497. The van der Waals surface area contributed by atoms with Crippen molar-refractivity contribution in [3.05, 3.63) is 59.9 Å². The number of hydrogen-bond donors (Lipinski definition) is 1. The molecule has 0 radical (unpaired) electrons. The third kappa shape index (κ3) is 3.09. The van der Waals surface area contributed by atoms with Gasteiger partial charge in [0.25, 0.3) is 0 Å². The standard InChI is InChI=1S/C18H16FN3/c1-22(12-10-19)17-8-5-14(6-9-17)4-7-16-13-15-3-2-11-20-18(15)21-16/h2-3,5-6,8-9,11,13H,10,12H2,1H3,(H,20,21). The van der Waals surface area contributed by atoms with E-state index in [1.54, 1.807) is 6.20 Å². The average molecular weight is 293 g/mol. The first-order valence-corrected chi connectivity index (χ1v) is 7.09.